The van der Waals surface area contributed by atoms with Crippen LogP contribution in [0.3, 0.4) is 0 Å². The van der Waals surface area contributed by atoms with Crippen molar-refractivity contribution in [2.75, 3.05) is 24.7 Å². The number of nitrogens with one attached hydrogen (secondary N) is 2. The van der Waals surface area contributed by atoms with Crippen LogP contribution in [0.15, 0.2) is 10.7 Å². The Morgan fingerprint density at radius 2 is 2.12 bits per heavy atom. The van der Waals surface area contributed by atoms with Crippen LogP contribution in [-0.4, -0.2) is 37.7 Å². The standard InChI is InChI=1S/C9H15BrN4O2S/c1-3-8-13-7(10)6-9(14-8)12-4-5-17(15,16)11-2/h6,11H,3-5H2,1-2H3,(H,12,13,14). The van der Waals surface area contributed by atoms with E-state index in [1.807, 2.05) is 6.92 Å². The molecule has 1 rings (SSSR count). The summed E-state index contributed by atoms with van der Waals surface area (Å²) >= 11 is 3.28. The molecule has 0 saturated heterocycles. The maximum Gasteiger partial charge on any atom is 0.213 e. The number of hydrogen-bond donors (Lipinski definition) is 2. The molecule has 1 aromatic heterocycles. The van der Waals surface area contributed by atoms with E-state index >= 15 is 0 Å². The molecule has 1 heterocycles. The summed E-state index contributed by atoms with van der Waals surface area (Å²) in [5, 5.41) is 2.95. The van der Waals surface area contributed by atoms with Gasteiger partial charge in [-0.1, -0.05) is 6.92 Å². The zero-order chi connectivity index (χ0) is 12.9. The van der Waals surface area contributed by atoms with Gasteiger partial charge in [-0.25, -0.2) is 23.1 Å². The van der Waals surface area contributed by atoms with Gasteiger partial charge in [0.15, 0.2) is 0 Å². The number of nitrogens with zero attached hydrogens (tertiary/aromatic N) is 2. The molecular weight excluding hydrogens is 308 g/mol. The Morgan fingerprint density at radius 1 is 1.41 bits per heavy atom. The lowest BCUT2D eigenvalue weighted by molar-refractivity contribution is 0.588. The smallest absolute Gasteiger partial charge is 0.213 e. The average Bonchev–Trinajstić information content (AvgIpc) is 2.28. The Balaban J connectivity index is 2.61. The summed E-state index contributed by atoms with van der Waals surface area (Å²) < 4.78 is 25.3. The van der Waals surface area contributed by atoms with Gasteiger partial charge < -0.3 is 5.32 Å². The Morgan fingerprint density at radius 3 is 2.71 bits per heavy atom. The van der Waals surface area contributed by atoms with Crippen LogP contribution < -0.4 is 10.0 Å². The quantitative estimate of drug-likeness (QED) is 0.755. The molecule has 17 heavy (non-hydrogen) atoms. The van der Waals surface area contributed by atoms with Gasteiger partial charge in [0.25, 0.3) is 0 Å². The molecule has 0 amide bonds. The normalized spacial score (nSPS) is 11.5. The molecule has 0 saturated carbocycles. The first-order chi connectivity index (χ1) is 7.96. The molecule has 0 radical (unpaired) electrons. The summed E-state index contributed by atoms with van der Waals surface area (Å²) in [6, 6.07) is 1.71. The molecule has 0 atom stereocenters. The predicted octanol–water partition coefficient (Wildman–Crippen LogP) is 0.763. The van der Waals surface area contributed by atoms with Gasteiger partial charge >= 0.3 is 0 Å². The summed E-state index contributed by atoms with van der Waals surface area (Å²) in [5.41, 5.74) is 0. The fourth-order valence-corrected chi connectivity index (χ4v) is 2.13. The van der Waals surface area contributed by atoms with E-state index in [4.69, 9.17) is 0 Å². The van der Waals surface area contributed by atoms with Crippen molar-refractivity contribution in [1.29, 1.82) is 0 Å². The van der Waals surface area contributed by atoms with Crippen molar-refractivity contribution in [2.24, 2.45) is 0 Å². The largest absolute Gasteiger partial charge is 0.369 e. The minimum Gasteiger partial charge on any atom is -0.369 e. The SMILES string of the molecule is CCc1nc(Br)cc(NCCS(=O)(=O)NC)n1. The van der Waals surface area contributed by atoms with E-state index in [1.54, 1.807) is 6.07 Å². The number of aromatic nitrogens is 2. The molecular formula is C9H15BrN4O2S. The van der Waals surface area contributed by atoms with E-state index < -0.39 is 10.0 Å². The van der Waals surface area contributed by atoms with E-state index in [-0.39, 0.29) is 5.75 Å². The third kappa shape index (κ3) is 4.97. The molecule has 0 aliphatic rings. The highest BCUT2D eigenvalue weighted by Crippen LogP contribution is 2.12. The van der Waals surface area contributed by atoms with Gasteiger partial charge in [-0.05, 0) is 23.0 Å². The van der Waals surface area contributed by atoms with E-state index in [0.717, 1.165) is 6.42 Å². The topological polar surface area (TPSA) is 84.0 Å². The summed E-state index contributed by atoms with van der Waals surface area (Å²) in [5.74, 6) is 1.33. The first kappa shape index (κ1) is 14.3. The second-order valence-corrected chi connectivity index (χ2v) is 6.15. The summed E-state index contributed by atoms with van der Waals surface area (Å²) in [4.78, 5) is 8.39. The molecule has 6 nitrogen and oxygen atoms in total. The Hall–Kier alpha value is -0.730. The highest BCUT2D eigenvalue weighted by atomic mass is 79.9. The Kier molecular flexibility index (Phi) is 5.29. The maximum atomic E-state index is 11.2. The van der Waals surface area contributed by atoms with Crippen molar-refractivity contribution in [3.8, 4) is 0 Å². The predicted molar refractivity (Wildman–Crippen MR) is 70.4 cm³/mol. The van der Waals surface area contributed by atoms with Crippen molar-refractivity contribution in [2.45, 2.75) is 13.3 Å². The molecule has 0 unspecified atom stereocenters. The molecule has 0 fully saturated rings. The molecule has 0 aromatic carbocycles. The van der Waals surface area contributed by atoms with Crippen LogP contribution >= 0.6 is 15.9 Å². The van der Waals surface area contributed by atoms with Crippen LogP contribution in [0.5, 0.6) is 0 Å². The Labute approximate surface area is 109 Å². The third-order valence-corrected chi connectivity index (χ3v) is 3.82. The highest BCUT2D eigenvalue weighted by Gasteiger charge is 2.07. The number of rotatable bonds is 6. The molecule has 0 aliphatic heterocycles. The van der Waals surface area contributed by atoms with Crippen LogP contribution in [0, 0.1) is 0 Å². The van der Waals surface area contributed by atoms with Crippen molar-refractivity contribution in [1.82, 2.24) is 14.7 Å². The van der Waals surface area contributed by atoms with E-state index in [9.17, 15) is 8.42 Å². The number of anilines is 1. The van der Waals surface area contributed by atoms with Gasteiger partial charge in [-0.2, -0.15) is 0 Å². The van der Waals surface area contributed by atoms with E-state index in [2.05, 4.69) is 35.9 Å². The van der Waals surface area contributed by atoms with E-state index in [0.29, 0.717) is 22.8 Å². The fourth-order valence-electron chi connectivity index (χ4n) is 1.13. The summed E-state index contributed by atoms with van der Waals surface area (Å²) in [6.45, 7) is 2.26. The summed E-state index contributed by atoms with van der Waals surface area (Å²) in [6.07, 6.45) is 0.725. The minimum absolute atomic E-state index is 0.00653. The van der Waals surface area contributed by atoms with Gasteiger partial charge in [0.05, 0.1) is 5.75 Å². The van der Waals surface area contributed by atoms with Crippen LogP contribution in [0.2, 0.25) is 0 Å². The zero-order valence-electron chi connectivity index (χ0n) is 9.70. The minimum atomic E-state index is -3.18. The lowest BCUT2D eigenvalue weighted by atomic mass is 10.4. The van der Waals surface area contributed by atoms with Crippen LogP contribution in [0.4, 0.5) is 5.82 Å². The second kappa shape index (κ2) is 6.27. The first-order valence-corrected chi connectivity index (χ1v) is 7.60. The zero-order valence-corrected chi connectivity index (χ0v) is 12.1. The number of hydrogen-bond acceptors (Lipinski definition) is 5. The molecule has 0 bridgehead atoms. The van der Waals surface area contributed by atoms with Crippen molar-refractivity contribution in [3.05, 3.63) is 16.5 Å². The van der Waals surface area contributed by atoms with Gasteiger partial charge in [-0.3, -0.25) is 0 Å². The molecule has 0 spiro atoms. The molecule has 0 aliphatic carbocycles. The third-order valence-electron chi connectivity index (χ3n) is 2.05. The van der Waals surface area contributed by atoms with Crippen molar-refractivity contribution < 1.29 is 8.42 Å². The molecule has 1 aromatic rings. The monoisotopic (exact) mass is 322 g/mol. The molecule has 96 valence electrons. The van der Waals surface area contributed by atoms with Gasteiger partial charge in [-0.15, -0.1) is 0 Å². The van der Waals surface area contributed by atoms with E-state index in [1.165, 1.54) is 7.05 Å². The first-order valence-electron chi connectivity index (χ1n) is 5.15. The lowest BCUT2D eigenvalue weighted by Crippen LogP contribution is -2.26. The van der Waals surface area contributed by atoms with Crippen LogP contribution in [-0.2, 0) is 16.4 Å². The lowest BCUT2D eigenvalue weighted by Gasteiger charge is -2.07. The molecule has 2 N–H and O–H groups in total. The summed E-state index contributed by atoms with van der Waals surface area (Å²) in [7, 11) is -1.79. The van der Waals surface area contributed by atoms with Gasteiger partial charge in [0, 0.05) is 19.0 Å². The molecule has 8 heteroatoms. The van der Waals surface area contributed by atoms with Gasteiger partial charge in [0.2, 0.25) is 10.0 Å². The number of halogens is 1. The van der Waals surface area contributed by atoms with Crippen molar-refractivity contribution in [3.63, 3.8) is 0 Å². The highest BCUT2D eigenvalue weighted by molar-refractivity contribution is 9.10. The number of aryl methyl sites for hydroxylation is 1. The van der Waals surface area contributed by atoms with Crippen LogP contribution in [0.1, 0.15) is 12.7 Å². The second-order valence-electron chi connectivity index (χ2n) is 3.30. The Bertz CT molecular complexity index is 478. The van der Waals surface area contributed by atoms with Gasteiger partial charge in [0.1, 0.15) is 16.2 Å². The fraction of sp³-hybridized carbons (Fsp3) is 0.556. The number of sulfonamides is 1. The average molecular weight is 323 g/mol. The van der Waals surface area contributed by atoms with Crippen LogP contribution in [0.25, 0.3) is 0 Å². The maximum absolute atomic E-state index is 11.2. The van der Waals surface area contributed by atoms with Crippen molar-refractivity contribution >= 4 is 31.8 Å².